The van der Waals surface area contributed by atoms with E-state index in [1.807, 2.05) is 36.4 Å². The van der Waals surface area contributed by atoms with Gasteiger partial charge in [-0.15, -0.1) is 0 Å². The van der Waals surface area contributed by atoms with Gasteiger partial charge in [-0.05, 0) is 47.9 Å². The Labute approximate surface area is 209 Å². The largest absolute Gasteiger partial charge is 0.497 e. The highest BCUT2D eigenvalue weighted by Gasteiger charge is 2.20. The summed E-state index contributed by atoms with van der Waals surface area (Å²) in [6.07, 6.45) is 2.75. The Morgan fingerprint density at radius 3 is 2.44 bits per heavy atom. The molecular formula is C28H30N4O4. The van der Waals surface area contributed by atoms with E-state index in [2.05, 4.69) is 22.9 Å². The Kier molecular flexibility index (Phi) is 7.63. The molecule has 0 fully saturated rings. The zero-order valence-corrected chi connectivity index (χ0v) is 20.7. The number of hydrazine groups is 1. The van der Waals surface area contributed by atoms with Crippen molar-refractivity contribution in [3.63, 3.8) is 0 Å². The molecule has 36 heavy (non-hydrogen) atoms. The van der Waals surface area contributed by atoms with E-state index in [0.717, 1.165) is 41.3 Å². The van der Waals surface area contributed by atoms with Crippen molar-refractivity contribution in [3.05, 3.63) is 82.3 Å². The quantitative estimate of drug-likeness (QED) is 0.285. The molecule has 0 spiro atoms. The van der Waals surface area contributed by atoms with Crippen LogP contribution in [0.15, 0.2) is 65.5 Å². The second-order valence-electron chi connectivity index (χ2n) is 8.77. The number of aromatic nitrogens is 2. The molecule has 186 valence electrons. The van der Waals surface area contributed by atoms with Crippen LogP contribution in [0.3, 0.4) is 0 Å². The monoisotopic (exact) mass is 486 g/mol. The van der Waals surface area contributed by atoms with Gasteiger partial charge in [0.05, 0.1) is 18.4 Å². The second kappa shape index (κ2) is 11.0. The van der Waals surface area contributed by atoms with E-state index in [1.54, 1.807) is 38.3 Å². The topological polar surface area (TPSA) is 102 Å². The van der Waals surface area contributed by atoms with Gasteiger partial charge in [0, 0.05) is 11.9 Å². The van der Waals surface area contributed by atoms with E-state index in [-0.39, 0.29) is 17.2 Å². The lowest BCUT2D eigenvalue weighted by Crippen LogP contribution is -2.44. The third-order valence-electron chi connectivity index (χ3n) is 6.32. The Hall–Kier alpha value is -4.20. The highest BCUT2D eigenvalue weighted by molar-refractivity contribution is 6.05. The molecule has 1 atom stereocenters. The lowest BCUT2D eigenvalue weighted by Gasteiger charge is -2.15. The summed E-state index contributed by atoms with van der Waals surface area (Å²) in [6.45, 7) is 4.27. The lowest BCUT2D eigenvalue weighted by molar-refractivity contribution is -0.123. The molecule has 1 heterocycles. The van der Waals surface area contributed by atoms with Crippen LogP contribution < -0.4 is 21.1 Å². The molecule has 0 bridgehead atoms. The van der Waals surface area contributed by atoms with Crippen LogP contribution in [0.5, 0.6) is 5.75 Å². The fourth-order valence-corrected chi connectivity index (χ4v) is 4.14. The van der Waals surface area contributed by atoms with Crippen LogP contribution in [0.2, 0.25) is 0 Å². The molecule has 2 N–H and O–H groups in total. The molecule has 0 saturated carbocycles. The number of hydrogen-bond acceptors (Lipinski definition) is 5. The number of nitrogens with one attached hydrogen (secondary N) is 2. The SMILES string of the molecule is CCCCCn1nc(C(=O)NNC(=O)C(C)c2ccc3cc(OC)ccc3c2)c2ccccc2c1=O. The second-order valence-corrected chi connectivity index (χ2v) is 8.77. The number of unbranched alkanes of at least 4 members (excludes halogenated alkanes) is 2. The van der Waals surface area contributed by atoms with Crippen molar-refractivity contribution in [2.24, 2.45) is 0 Å². The maximum Gasteiger partial charge on any atom is 0.290 e. The molecule has 1 aromatic heterocycles. The number of aryl methyl sites for hydroxylation is 1. The fourth-order valence-electron chi connectivity index (χ4n) is 4.14. The highest BCUT2D eigenvalue weighted by Crippen LogP contribution is 2.25. The Morgan fingerprint density at radius 2 is 1.69 bits per heavy atom. The number of rotatable bonds is 8. The summed E-state index contributed by atoms with van der Waals surface area (Å²) in [7, 11) is 1.62. The standard InChI is InChI=1S/C28H30N4O4/c1-4-5-8-15-32-28(35)24-10-7-6-9-23(24)25(31-32)27(34)30-29-26(33)18(2)19-11-12-21-17-22(36-3)14-13-20(21)16-19/h6-7,9-14,16-18H,4-5,8,15H2,1-3H3,(H,29,33)(H,30,34). The number of carbonyl (C=O) groups is 2. The van der Waals surface area contributed by atoms with Gasteiger partial charge in [-0.1, -0.05) is 62.2 Å². The molecule has 2 amide bonds. The summed E-state index contributed by atoms with van der Waals surface area (Å²) in [4.78, 5) is 38.7. The summed E-state index contributed by atoms with van der Waals surface area (Å²) in [5.74, 6) is -0.690. The minimum atomic E-state index is -0.582. The molecule has 1 unspecified atom stereocenters. The van der Waals surface area contributed by atoms with Gasteiger partial charge in [0.15, 0.2) is 5.69 Å². The van der Waals surface area contributed by atoms with E-state index >= 15 is 0 Å². The average molecular weight is 487 g/mol. The predicted molar refractivity (Wildman–Crippen MR) is 140 cm³/mol. The van der Waals surface area contributed by atoms with Crippen molar-refractivity contribution in [1.29, 1.82) is 0 Å². The van der Waals surface area contributed by atoms with E-state index < -0.39 is 11.8 Å². The average Bonchev–Trinajstić information content (AvgIpc) is 2.91. The first-order valence-electron chi connectivity index (χ1n) is 12.1. The van der Waals surface area contributed by atoms with Crippen molar-refractivity contribution in [3.8, 4) is 5.75 Å². The first kappa shape index (κ1) is 24.9. The molecule has 0 radical (unpaired) electrons. The minimum absolute atomic E-state index is 0.0919. The zero-order valence-electron chi connectivity index (χ0n) is 20.7. The number of nitrogens with zero attached hydrogens (tertiary/aromatic N) is 2. The van der Waals surface area contributed by atoms with Crippen LogP contribution in [0.1, 0.15) is 55.1 Å². The summed E-state index contributed by atoms with van der Waals surface area (Å²) >= 11 is 0. The van der Waals surface area contributed by atoms with Crippen LogP contribution in [0.4, 0.5) is 0 Å². The highest BCUT2D eigenvalue weighted by atomic mass is 16.5. The van der Waals surface area contributed by atoms with Gasteiger partial charge in [0.25, 0.3) is 11.5 Å². The van der Waals surface area contributed by atoms with E-state index in [4.69, 9.17) is 4.74 Å². The Balaban J connectivity index is 1.51. The maximum absolute atomic E-state index is 13.0. The van der Waals surface area contributed by atoms with Gasteiger partial charge in [0.2, 0.25) is 5.91 Å². The molecule has 0 saturated heterocycles. The first-order chi connectivity index (χ1) is 17.4. The van der Waals surface area contributed by atoms with Crippen LogP contribution in [0, 0.1) is 0 Å². The van der Waals surface area contributed by atoms with Crippen LogP contribution in [-0.4, -0.2) is 28.7 Å². The van der Waals surface area contributed by atoms with Crippen molar-refractivity contribution in [2.75, 3.05) is 7.11 Å². The van der Waals surface area contributed by atoms with Gasteiger partial charge < -0.3 is 4.74 Å². The van der Waals surface area contributed by atoms with Crippen molar-refractivity contribution < 1.29 is 14.3 Å². The summed E-state index contributed by atoms with van der Waals surface area (Å²) in [5, 5.41) is 7.18. The molecular weight excluding hydrogens is 456 g/mol. The molecule has 0 aliphatic heterocycles. The van der Waals surface area contributed by atoms with Crippen molar-refractivity contribution in [1.82, 2.24) is 20.6 Å². The van der Waals surface area contributed by atoms with Crippen LogP contribution >= 0.6 is 0 Å². The molecule has 0 aliphatic rings. The summed E-state index contributed by atoms with van der Waals surface area (Å²) in [6, 6.07) is 18.4. The number of fused-ring (bicyclic) bond motifs is 2. The van der Waals surface area contributed by atoms with Gasteiger partial charge >= 0.3 is 0 Å². The maximum atomic E-state index is 13.0. The van der Waals surface area contributed by atoms with Gasteiger partial charge in [-0.25, -0.2) is 4.68 Å². The smallest absolute Gasteiger partial charge is 0.290 e. The number of ether oxygens (including phenoxy) is 1. The molecule has 8 heteroatoms. The Bertz CT molecular complexity index is 1480. The minimum Gasteiger partial charge on any atom is -0.497 e. The molecule has 8 nitrogen and oxygen atoms in total. The normalized spacial score (nSPS) is 11.9. The number of carbonyl (C=O) groups excluding carboxylic acids is 2. The van der Waals surface area contributed by atoms with E-state index in [0.29, 0.717) is 17.3 Å². The predicted octanol–water partition coefficient (Wildman–Crippen LogP) is 4.31. The van der Waals surface area contributed by atoms with Crippen LogP contribution in [-0.2, 0) is 11.3 Å². The number of hydrogen-bond donors (Lipinski definition) is 2. The van der Waals surface area contributed by atoms with E-state index in [9.17, 15) is 14.4 Å². The number of benzene rings is 3. The van der Waals surface area contributed by atoms with Crippen molar-refractivity contribution >= 4 is 33.4 Å². The molecule has 4 rings (SSSR count). The number of amides is 2. The molecule has 0 aliphatic carbocycles. The summed E-state index contributed by atoms with van der Waals surface area (Å²) < 4.78 is 6.60. The van der Waals surface area contributed by atoms with Gasteiger partial charge in [0.1, 0.15) is 5.75 Å². The van der Waals surface area contributed by atoms with Crippen molar-refractivity contribution in [2.45, 2.75) is 45.6 Å². The molecule has 4 aromatic rings. The number of methoxy groups -OCH3 is 1. The lowest BCUT2D eigenvalue weighted by atomic mass is 9.97. The summed E-state index contributed by atoms with van der Waals surface area (Å²) in [5.41, 5.74) is 5.66. The van der Waals surface area contributed by atoms with E-state index in [1.165, 1.54) is 4.68 Å². The molecule has 3 aromatic carbocycles. The van der Waals surface area contributed by atoms with Gasteiger partial charge in [-0.3, -0.25) is 25.2 Å². The third kappa shape index (κ3) is 5.22. The fraction of sp³-hybridized carbons (Fsp3) is 0.286. The Morgan fingerprint density at radius 1 is 0.972 bits per heavy atom. The van der Waals surface area contributed by atoms with Crippen LogP contribution in [0.25, 0.3) is 21.5 Å². The first-order valence-corrected chi connectivity index (χ1v) is 12.1. The third-order valence-corrected chi connectivity index (χ3v) is 6.32. The van der Waals surface area contributed by atoms with Gasteiger partial charge in [-0.2, -0.15) is 5.10 Å². The zero-order chi connectivity index (χ0) is 25.7.